The Morgan fingerprint density at radius 1 is 1.35 bits per heavy atom. The van der Waals surface area contributed by atoms with Gasteiger partial charge in [-0.1, -0.05) is 13.8 Å². The fraction of sp³-hybridized carbons (Fsp3) is 0.867. The number of carbonyl (C=O) groups is 2. The SMILES string of the molecule is CCCNC(=O)CN(C)C(=O)C1(CN)CCC(C)CC1. The van der Waals surface area contributed by atoms with Crippen LogP contribution in [0.4, 0.5) is 0 Å². The van der Waals surface area contributed by atoms with Crippen LogP contribution in [0.1, 0.15) is 46.0 Å². The summed E-state index contributed by atoms with van der Waals surface area (Å²) in [6, 6.07) is 0. The molecule has 5 nitrogen and oxygen atoms in total. The van der Waals surface area contributed by atoms with Gasteiger partial charge in [0.2, 0.25) is 11.8 Å². The molecule has 0 unspecified atom stereocenters. The van der Waals surface area contributed by atoms with E-state index in [1.807, 2.05) is 6.92 Å². The Bertz CT molecular complexity index is 336. The molecule has 0 heterocycles. The summed E-state index contributed by atoms with van der Waals surface area (Å²) in [5.41, 5.74) is 5.43. The van der Waals surface area contributed by atoms with E-state index in [-0.39, 0.29) is 18.4 Å². The van der Waals surface area contributed by atoms with E-state index in [1.54, 1.807) is 7.05 Å². The largest absolute Gasteiger partial charge is 0.355 e. The standard InChI is InChI=1S/C15H29N3O2/c1-4-9-17-13(19)10-18(3)14(20)15(11-16)7-5-12(2)6-8-15/h12H,4-11,16H2,1-3H3,(H,17,19). The zero-order valence-electron chi connectivity index (χ0n) is 13.1. The van der Waals surface area contributed by atoms with Gasteiger partial charge in [-0.25, -0.2) is 0 Å². The molecule has 1 rings (SSSR count). The van der Waals surface area contributed by atoms with Crippen molar-refractivity contribution in [1.29, 1.82) is 0 Å². The van der Waals surface area contributed by atoms with Gasteiger partial charge in [-0.15, -0.1) is 0 Å². The fourth-order valence-electron chi connectivity index (χ4n) is 2.83. The van der Waals surface area contributed by atoms with Crippen LogP contribution < -0.4 is 11.1 Å². The maximum absolute atomic E-state index is 12.6. The highest BCUT2D eigenvalue weighted by molar-refractivity contribution is 5.88. The van der Waals surface area contributed by atoms with E-state index in [4.69, 9.17) is 5.73 Å². The van der Waals surface area contributed by atoms with Crippen molar-refractivity contribution in [3.8, 4) is 0 Å². The zero-order valence-corrected chi connectivity index (χ0v) is 13.1. The van der Waals surface area contributed by atoms with E-state index in [1.165, 1.54) is 4.90 Å². The van der Waals surface area contributed by atoms with Gasteiger partial charge in [-0.2, -0.15) is 0 Å². The monoisotopic (exact) mass is 283 g/mol. The van der Waals surface area contributed by atoms with Gasteiger partial charge in [0.15, 0.2) is 0 Å². The first kappa shape index (κ1) is 17.0. The normalized spacial score (nSPS) is 26.1. The topological polar surface area (TPSA) is 75.4 Å². The first-order chi connectivity index (χ1) is 9.45. The third kappa shape index (κ3) is 4.20. The highest BCUT2D eigenvalue weighted by atomic mass is 16.2. The molecule has 0 bridgehead atoms. The predicted molar refractivity (Wildman–Crippen MR) is 80.1 cm³/mol. The van der Waals surface area contributed by atoms with Crippen molar-refractivity contribution in [2.24, 2.45) is 17.1 Å². The molecule has 0 saturated heterocycles. The molecule has 5 heteroatoms. The van der Waals surface area contributed by atoms with E-state index in [9.17, 15) is 9.59 Å². The summed E-state index contributed by atoms with van der Waals surface area (Å²) in [7, 11) is 1.70. The lowest BCUT2D eigenvalue weighted by Gasteiger charge is -2.39. The number of hydrogen-bond acceptors (Lipinski definition) is 3. The van der Waals surface area contributed by atoms with Crippen molar-refractivity contribution >= 4 is 11.8 Å². The minimum absolute atomic E-state index is 0.0264. The maximum atomic E-state index is 12.6. The molecule has 0 aromatic rings. The number of nitrogens with two attached hydrogens (primary N) is 1. The molecule has 3 N–H and O–H groups in total. The van der Waals surface area contributed by atoms with Crippen molar-refractivity contribution in [3.05, 3.63) is 0 Å². The van der Waals surface area contributed by atoms with Crippen LogP contribution >= 0.6 is 0 Å². The Morgan fingerprint density at radius 3 is 2.45 bits per heavy atom. The van der Waals surface area contributed by atoms with Gasteiger partial charge < -0.3 is 16.0 Å². The summed E-state index contributed by atoms with van der Waals surface area (Å²) >= 11 is 0. The molecule has 1 saturated carbocycles. The van der Waals surface area contributed by atoms with E-state index < -0.39 is 5.41 Å². The van der Waals surface area contributed by atoms with E-state index in [0.29, 0.717) is 19.0 Å². The van der Waals surface area contributed by atoms with Crippen LogP contribution in [0.5, 0.6) is 0 Å². The molecule has 2 amide bonds. The van der Waals surface area contributed by atoms with Crippen LogP contribution in [0.25, 0.3) is 0 Å². The first-order valence-corrected chi connectivity index (χ1v) is 7.67. The lowest BCUT2D eigenvalue weighted by Crippen LogP contribution is -2.50. The molecule has 0 radical (unpaired) electrons. The molecule has 116 valence electrons. The van der Waals surface area contributed by atoms with E-state index in [2.05, 4.69) is 12.2 Å². The molecule has 1 fully saturated rings. The minimum Gasteiger partial charge on any atom is -0.355 e. The lowest BCUT2D eigenvalue weighted by atomic mass is 9.70. The van der Waals surface area contributed by atoms with Crippen molar-refractivity contribution < 1.29 is 9.59 Å². The summed E-state index contributed by atoms with van der Waals surface area (Å²) in [6.07, 6.45) is 4.65. The number of carbonyl (C=O) groups excluding carboxylic acids is 2. The highest BCUT2D eigenvalue weighted by Crippen LogP contribution is 2.39. The average Bonchev–Trinajstić information content (AvgIpc) is 2.45. The smallest absolute Gasteiger partial charge is 0.239 e. The Hall–Kier alpha value is -1.10. The maximum Gasteiger partial charge on any atom is 0.239 e. The Labute approximate surface area is 122 Å². The number of nitrogens with one attached hydrogen (secondary N) is 1. The zero-order chi connectivity index (χ0) is 15.2. The number of nitrogens with zero attached hydrogens (tertiary/aromatic N) is 1. The third-order valence-electron chi connectivity index (χ3n) is 4.38. The highest BCUT2D eigenvalue weighted by Gasteiger charge is 2.41. The van der Waals surface area contributed by atoms with Crippen molar-refractivity contribution in [2.45, 2.75) is 46.0 Å². The van der Waals surface area contributed by atoms with Crippen LogP contribution in [-0.2, 0) is 9.59 Å². The van der Waals surface area contributed by atoms with Gasteiger partial charge >= 0.3 is 0 Å². The van der Waals surface area contributed by atoms with Gasteiger partial charge in [0.1, 0.15) is 0 Å². The summed E-state index contributed by atoms with van der Waals surface area (Å²) in [4.78, 5) is 25.9. The average molecular weight is 283 g/mol. The number of hydrogen-bond donors (Lipinski definition) is 2. The van der Waals surface area contributed by atoms with Crippen LogP contribution in [0.15, 0.2) is 0 Å². The van der Waals surface area contributed by atoms with Crippen LogP contribution in [-0.4, -0.2) is 43.4 Å². The van der Waals surface area contributed by atoms with Crippen molar-refractivity contribution in [2.75, 3.05) is 26.7 Å². The van der Waals surface area contributed by atoms with Gasteiger partial charge in [0.05, 0.1) is 12.0 Å². The summed E-state index contributed by atoms with van der Waals surface area (Å²) in [5, 5.41) is 2.79. The number of rotatable bonds is 6. The molecule has 0 aliphatic heterocycles. The molecule has 0 atom stereocenters. The molecule has 1 aliphatic carbocycles. The molecule has 0 aromatic heterocycles. The second kappa shape index (κ2) is 7.62. The van der Waals surface area contributed by atoms with Crippen LogP contribution in [0.2, 0.25) is 0 Å². The molecule has 1 aliphatic rings. The fourth-order valence-corrected chi connectivity index (χ4v) is 2.83. The van der Waals surface area contributed by atoms with Gasteiger partial charge in [0, 0.05) is 20.1 Å². The Kier molecular flexibility index (Phi) is 6.46. The van der Waals surface area contributed by atoms with Crippen molar-refractivity contribution in [3.63, 3.8) is 0 Å². The first-order valence-electron chi connectivity index (χ1n) is 7.67. The molecular weight excluding hydrogens is 254 g/mol. The second-order valence-corrected chi connectivity index (χ2v) is 6.18. The van der Waals surface area contributed by atoms with Crippen molar-refractivity contribution in [1.82, 2.24) is 10.2 Å². The Morgan fingerprint density at radius 2 is 1.95 bits per heavy atom. The molecule has 0 aromatic carbocycles. The molecular formula is C15H29N3O2. The van der Waals surface area contributed by atoms with Crippen LogP contribution in [0, 0.1) is 11.3 Å². The number of amides is 2. The van der Waals surface area contributed by atoms with Gasteiger partial charge in [-0.05, 0) is 38.0 Å². The summed E-state index contributed by atoms with van der Waals surface area (Å²) in [5.74, 6) is 0.596. The molecule has 20 heavy (non-hydrogen) atoms. The summed E-state index contributed by atoms with van der Waals surface area (Å²) < 4.78 is 0. The van der Waals surface area contributed by atoms with Gasteiger partial charge in [0.25, 0.3) is 0 Å². The van der Waals surface area contributed by atoms with Crippen LogP contribution in [0.3, 0.4) is 0 Å². The number of likely N-dealkylation sites (N-methyl/N-ethyl adjacent to an activating group) is 1. The summed E-state index contributed by atoms with van der Waals surface area (Å²) in [6.45, 7) is 5.37. The van der Waals surface area contributed by atoms with Gasteiger partial charge in [-0.3, -0.25) is 9.59 Å². The lowest BCUT2D eigenvalue weighted by molar-refractivity contribution is -0.145. The quantitative estimate of drug-likeness (QED) is 0.767. The Balaban J connectivity index is 2.59. The minimum atomic E-state index is -0.452. The predicted octanol–water partition coefficient (Wildman–Crippen LogP) is 1.13. The van der Waals surface area contributed by atoms with E-state index in [0.717, 1.165) is 32.1 Å². The van der Waals surface area contributed by atoms with E-state index >= 15 is 0 Å². The second-order valence-electron chi connectivity index (χ2n) is 6.18. The molecule has 0 spiro atoms. The third-order valence-corrected chi connectivity index (χ3v) is 4.38.